The number of carbonyl (C=O) groups excluding carboxylic acids is 1. The second-order valence-electron chi connectivity index (χ2n) is 8.05. The van der Waals surface area contributed by atoms with Crippen LogP contribution in [0.5, 0.6) is 23.0 Å². The molecule has 0 unspecified atom stereocenters. The zero-order valence-electron chi connectivity index (χ0n) is 21.0. The minimum Gasteiger partial charge on any atom is -0.494 e. The van der Waals surface area contributed by atoms with E-state index in [2.05, 4.69) is 11.3 Å². The summed E-state index contributed by atoms with van der Waals surface area (Å²) in [6, 6.07) is 7.65. The highest BCUT2D eigenvalue weighted by Gasteiger charge is 2.48. The predicted molar refractivity (Wildman–Crippen MR) is 126 cm³/mol. The van der Waals surface area contributed by atoms with Crippen molar-refractivity contribution in [3.05, 3.63) is 95.1 Å². The third-order valence-electron chi connectivity index (χ3n) is 5.28. The van der Waals surface area contributed by atoms with Gasteiger partial charge in [-0.1, -0.05) is 18.7 Å². The Bertz CT molecular complexity index is 1400. The van der Waals surface area contributed by atoms with E-state index in [1.54, 1.807) is 0 Å². The Morgan fingerprint density at radius 2 is 1.17 bits per heavy atom. The van der Waals surface area contributed by atoms with E-state index >= 15 is 0 Å². The molecule has 41 heavy (non-hydrogen) atoms. The lowest BCUT2D eigenvalue weighted by Gasteiger charge is -2.22. The van der Waals surface area contributed by atoms with E-state index in [1.807, 2.05) is 0 Å². The van der Waals surface area contributed by atoms with E-state index in [0.29, 0.717) is 12.1 Å². The van der Waals surface area contributed by atoms with Crippen LogP contribution >= 0.6 is 0 Å². The Kier molecular flexibility index (Phi) is 9.68. The van der Waals surface area contributed by atoms with Gasteiger partial charge in [0.05, 0.1) is 7.11 Å². The minimum absolute atomic E-state index is 0.0265. The number of rotatable bonds is 11. The molecule has 0 heterocycles. The number of benzene rings is 3. The van der Waals surface area contributed by atoms with Gasteiger partial charge in [-0.15, -0.1) is 0 Å². The van der Waals surface area contributed by atoms with Gasteiger partial charge in [0.1, 0.15) is 35.8 Å². The highest BCUT2D eigenvalue weighted by Crippen LogP contribution is 2.49. The first-order valence-electron chi connectivity index (χ1n) is 11.3. The topological polar surface area (TPSA) is 63.2 Å². The molecular weight excluding hydrogens is 572 g/mol. The largest absolute Gasteiger partial charge is 0.494 e. The first-order valence-corrected chi connectivity index (χ1v) is 11.3. The van der Waals surface area contributed by atoms with Gasteiger partial charge < -0.3 is 23.7 Å². The summed E-state index contributed by atoms with van der Waals surface area (Å²) in [7, 11) is 1.19. The van der Waals surface area contributed by atoms with Gasteiger partial charge in [-0.25, -0.2) is 13.6 Å². The molecule has 3 rings (SSSR count). The highest BCUT2D eigenvalue weighted by molar-refractivity contribution is 5.81. The van der Waals surface area contributed by atoms with Crippen molar-refractivity contribution < 1.29 is 63.6 Å². The summed E-state index contributed by atoms with van der Waals surface area (Å²) in [5, 5.41) is 0. The van der Waals surface area contributed by atoms with Crippen molar-refractivity contribution in [3.8, 4) is 23.0 Å². The standard InChI is InChI=1S/C27H20F8O6/c1-3-23(36)41-14-40-20-7-5-16(11-18(20)29)13-39-22-9-8-21(24(26(30,31)32)25(22)27(33,34)35)38-12-15-4-6-19(37-2)17(28)10-15/h3-11H,1,12-14H2,2H3. The monoisotopic (exact) mass is 592 g/mol. The highest BCUT2D eigenvalue weighted by atomic mass is 19.4. The Balaban J connectivity index is 1.86. The molecule has 3 aromatic carbocycles. The lowest BCUT2D eigenvalue weighted by molar-refractivity contribution is -0.164. The fourth-order valence-corrected chi connectivity index (χ4v) is 3.45. The number of hydrogen-bond acceptors (Lipinski definition) is 6. The van der Waals surface area contributed by atoms with Gasteiger partial charge in [0, 0.05) is 6.08 Å². The van der Waals surface area contributed by atoms with Crippen LogP contribution in [0.2, 0.25) is 0 Å². The van der Waals surface area contributed by atoms with Crippen LogP contribution in [0.25, 0.3) is 0 Å². The molecule has 0 aliphatic rings. The molecule has 0 amide bonds. The number of methoxy groups -OCH3 is 1. The van der Waals surface area contributed by atoms with Crippen molar-refractivity contribution in [3.63, 3.8) is 0 Å². The summed E-state index contributed by atoms with van der Waals surface area (Å²) >= 11 is 0. The minimum atomic E-state index is -5.54. The van der Waals surface area contributed by atoms with E-state index < -0.39 is 72.6 Å². The molecular formula is C27H20F8O6. The van der Waals surface area contributed by atoms with Crippen LogP contribution < -0.4 is 18.9 Å². The average Bonchev–Trinajstić information content (AvgIpc) is 2.90. The normalized spacial score (nSPS) is 11.5. The van der Waals surface area contributed by atoms with Crippen LogP contribution in [0.1, 0.15) is 22.3 Å². The Labute approximate surface area is 227 Å². The van der Waals surface area contributed by atoms with Crippen molar-refractivity contribution in [2.45, 2.75) is 25.6 Å². The van der Waals surface area contributed by atoms with Crippen molar-refractivity contribution in [2.24, 2.45) is 0 Å². The molecule has 220 valence electrons. The molecule has 0 fully saturated rings. The molecule has 0 aliphatic heterocycles. The molecule has 14 heteroatoms. The molecule has 0 bridgehead atoms. The van der Waals surface area contributed by atoms with E-state index in [9.17, 15) is 39.9 Å². The summed E-state index contributed by atoms with van der Waals surface area (Å²) in [4.78, 5) is 11.0. The summed E-state index contributed by atoms with van der Waals surface area (Å²) in [5.74, 6) is -5.58. The molecule has 6 nitrogen and oxygen atoms in total. The predicted octanol–water partition coefficient (Wildman–Crippen LogP) is 7.23. The quantitative estimate of drug-likeness (QED) is 0.101. The Hall–Kier alpha value is -4.49. The molecule has 0 atom stereocenters. The average molecular weight is 592 g/mol. The van der Waals surface area contributed by atoms with Gasteiger partial charge in [0.15, 0.2) is 23.1 Å². The Morgan fingerprint density at radius 3 is 1.56 bits per heavy atom. The zero-order chi connectivity index (χ0) is 30.4. The number of halogens is 8. The summed E-state index contributed by atoms with van der Waals surface area (Å²) in [5.41, 5.74) is -4.34. The van der Waals surface area contributed by atoms with Crippen molar-refractivity contribution in [1.82, 2.24) is 0 Å². The van der Waals surface area contributed by atoms with Crippen LogP contribution in [-0.4, -0.2) is 19.9 Å². The molecule has 0 aromatic heterocycles. The van der Waals surface area contributed by atoms with E-state index in [-0.39, 0.29) is 22.6 Å². The van der Waals surface area contributed by atoms with Crippen molar-refractivity contribution in [2.75, 3.05) is 13.9 Å². The third-order valence-corrected chi connectivity index (χ3v) is 5.28. The van der Waals surface area contributed by atoms with Gasteiger partial charge in [-0.05, 0) is 47.5 Å². The molecule has 3 aromatic rings. The molecule has 0 saturated carbocycles. The van der Waals surface area contributed by atoms with Crippen LogP contribution in [0.4, 0.5) is 35.1 Å². The number of esters is 1. The zero-order valence-corrected chi connectivity index (χ0v) is 21.0. The lowest BCUT2D eigenvalue weighted by Crippen LogP contribution is -2.20. The van der Waals surface area contributed by atoms with E-state index in [0.717, 1.165) is 24.3 Å². The maximum atomic E-state index is 14.3. The third kappa shape index (κ3) is 8.02. The van der Waals surface area contributed by atoms with Crippen molar-refractivity contribution in [1.29, 1.82) is 0 Å². The number of hydrogen-bond donors (Lipinski definition) is 0. The van der Waals surface area contributed by atoms with Crippen LogP contribution in [-0.2, 0) is 35.1 Å². The van der Waals surface area contributed by atoms with Crippen molar-refractivity contribution >= 4 is 5.97 Å². The van der Waals surface area contributed by atoms with Crippen LogP contribution in [0.3, 0.4) is 0 Å². The second-order valence-corrected chi connectivity index (χ2v) is 8.05. The van der Waals surface area contributed by atoms with Crippen LogP contribution in [0, 0.1) is 11.6 Å². The van der Waals surface area contributed by atoms with Gasteiger partial charge >= 0.3 is 18.3 Å². The number of alkyl halides is 6. The first-order chi connectivity index (χ1) is 19.2. The molecule has 0 radical (unpaired) electrons. The molecule has 0 saturated heterocycles. The summed E-state index contributed by atoms with van der Waals surface area (Å²) in [6.45, 7) is 1.06. The maximum Gasteiger partial charge on any atom is 0.420 e. The summed E-state index contributed by atoms with van der Waals surface area (Å²) in [6.07, 6.45) is -10.2. The van der Waals surface area contributed by atoms with E-state index in [1.165, 1.54) is 25.3 Å². The lowest BCUT2D eigenvalue weighted by atomic mass is 10.0. The summed E-state index contributed by atoms with van der Waals surface area (Å²) < 4.78 is 136. The molecule has 0 N–H and O–H groups in total. The van der Waals surface area contributed by atoms with Gasteiger partial charge in [0.2, 0.25) is 6.79 Å². The Morgan fingerprint density at radius 1 is 0.732 bits per heavy atom. The van der Waals surface area contributed by atoms with E-state index in [4.69, 9.17) is 18.9 Å². The molecule has 0 spiro atoms. The number of carbonyl (C=O) groups is 1. The maximum absolute atomic E-state index is 14.3. The fourth-order valence-electron chi connectivity index (χ4n) is 3.45. The second kappa shape index (κ2) is 12.8. The first kappa shape index (κ1) is 31.0. The van der Waals surface area contributed by atoms with Gasteiger partial charge in [0.25, 0.3) is 0 Å². The van der Waals surface area contributed by atoms with Gasteiger partial charge in [-0.3, -0.25) is 0 Å². The smallest absolute Gasteiger partial charge is 0.420 e. The number of ether oxygens (including phenoxy) is 5. The molecule has 0 aliphatic carbocycles. The fraction of sp³-hybridized carbons (Fsp3) is 0.222. The van der Waals surface area contributed by atoms with Gasteiger partial charge in [-0.2, -0.15) is 26.3 Å². The van der Waals surface area contributed by atoms with Crippen LogP contribution in [0.15, 0.2) is 61.2 Å². The SMILES string of the molecule is C=CC(=O)OCOc1ccc(COc2ccc(OCc3ccc(OC)c(F)c3)c(C(F)(F)F)c2C(F)(F)F)cc1F.